The molecule has 0 aliphatic carbocycles. The molecule has 140 valence electrons. The number of halogens is 1. The van der Waals surface area contributed by atoms with Crippen molar-refractivity contribution in [1.29, 1.82) is 0 Å². The summed E-state index contributed by atoms with van der Waals surface area (Å²) in [7, 11) is 0. The van der Waals surface area contributed by atoms with Crippen LogP contribution in [-0.2, 0) is 12.3 Å². The van der Waals surface area contributed by atoms with Crippen LogP contribution in [0.3, 0.4) is 0 Å². The van der Waals surface area contributed by atoms with Gasteiger partial charge in [0.25, 0.3) is 0 Å². The summed E-state index contributed by atoms with van der Waals surface area (Å²) >= 11 is 6.10. The Bertz CT molecular complexity index is 428. The van der Waals surface area contributed by atoms with E-state index in [2.05, 4.69) is 32.9 Å². The molecular weight excluding hydrogens is 314 g/mol. The van der Waals surface area contributed by atoms with E-state index in [-0.39, 0.29) is 6.15 Å². The second kappa shape index (κ2) is 14.8. The zero-order valence-corrected chi connectivity index (χ0v) is 17.2. The number of benzene rings is 1. The van der Waals surface area contributed by atoms with Crippen LogP contribution in [0.5, 0.6) is 0 Å². The first kappa shape index (κ1) is 23.5. The molecule has 0 atom stereocenters. The lowest BCUT2D eigenvalue weighted by Gasteiger charge is -2.13. The van der Waals surface area contributed by atoms with E-state index in [1.807, 2.05) is 0 Å². The van der Waals surface area contributed by atoms with Gasteiger partial charge in [0.05, 0.1) is 0 Å². The fraction of sp³-hybridized carbons (Fsp3) is 0.727. The zero-order valence-electron chi connectivity index (χ0n) is 16.4. The van der Waals surface area contributed by atoms with Crippen molar-refractivity contribution in [3.05, 3.63) is 34.4 Å². The van der Waals surface area contributed by atoms with Crippen LogP contribution >= 0.6 is 11.6 Å². The Morgan fingerprint density at radius 1 is 0.750 bits per heavy atom. The normalized spacial score (nSPS) is 10.7. The van der Waals surface area contributed by atoms with E-state index in [1.165, 1.54) is 99.3 Å². The first-order valence-corrected chi connectivity index (χ1v) is 10.4. The van der Waals surface area contributed by atoms with E-state index in [1.54, 1.807) is 0 Å². The highest BCUT2D eigenvalue weighted by Gasteiger charge is 2.07. The molecule has 0 aliphatic heterocycles. The second-order valence-corrected chi connectivity index (χ2v) is 7.33. The summed E-state index contributed by atoms with van der Waals surface area (Å²) in [4.78, 5) is 0. The molecule has 3 N–H and O–H groups in total. The summed E-state index contributed by atoms with van der Waals surface area (Å²) in [5.74, 6) is 0.647. The Balaban J connectivity index is 0.00000529. The summed E-state index contributed by atoms with van der Waals surface area (Å²) in [6.07, 6.45) is 16.7. The van der Waals surface area contributed by atoms with Crippen LogP contribution in [0.25, 0.3) is 0 Å². The fourth-order valence-corrected chi connectivity index (χ4v) is 3.62. The smallest absolute Gasteiger partial charge is 0.0476 e. The third-order valence-corrected chi connectivity index (χ3v) is 5.43. The first-order chi connectivity index (χ1) is 11.2. The molecule has 0 heterocycles. The summed E-state index contributed by atoms with van der Waals surface area (Å²) in [6.45, 7) is 6.74. The quantitative estimate of drug-likeness (QED) is 0.282. The van der Waals surface area contributed by atoms with Crippen molar-refractivity contribution in [2.75, 3.05) is 0 Å². The number of unbranched alkanes of at least 4 members (excludes halogenated alkanes) is 10. The van der Waals surface area contributed by atoms with E-state index in [9.17, 15) is 0 Å². The maximum Gasteiger partial charge on any atom is 0.0476 e. The predicted molar refractivity (Wildman–Crippen MR) is 111 cm³/mol. The zero-order chi connectivity index (χ0) is 16.9. The third-order valence-electron chi connectivity index (χ3n) is 5.14. The lowest BCUT2D eigenvalue weighted by Crippen LogP contribution is -1.98. The minimum Gasteiger partial charge on any atom is -0.344 e. The van der Waals surface area contributed by atoms with Gasteiger partial charge in [-0.2, -0.15) is 0 Å². The Hall–Kier alpha value is -0.530. The molecule has 1 rings (SSSR count). The Labute approximate surface area is 156 Å². The second-order valence-electron chi connectivity index (χ2n) is 7.06. The average molecular weight is 354 g/mol. The maximum atomic E-state index is 6.10. The molecule has 1 aromatic carbocycles. The van der Waals surface area contributed by atoms with E-state index < -0.39 is 0 Å². The lowest BCUT2D eigenvalue weighted by molar-refractivity contribution is 0.549. The maximum absolute atomic E-state index is 6.10. The standard InChI is InChI=1S/C22H37Cl.H3N/c1-4-5-6-7-8-9-10-11-12-13-14-15-22-20(3)19(2)16-17-21(22)18-23;/h16-17H,4-15,18H2,1-3H3;1H3. The Kier molecular flexibility index (Phi) is 14.5. The molecule has 0 aliphatic rings. The molecule has 0 aromatic heterocycles. The molecule has 0 saturated heterocycles. The van der Waals surface area contributed by atoms with Crippen LogP contribution in [0.4, 0.5) is 0 Å². The highest BCUT2D eigenvalue weighted by atomic mass is 35.5. The van der Waals surface area contributed by atoms with Gasteiger partial charge in [-0.15, -0.1) is 11.6 Å². The molecule has 0 fully saturated rings. The molecule has 0 radical (unpaired) electrons. The molecular formula is C22H40ClN. The number of hydrogen-bond acceptors (Lipinski definition) is 1. The molecule has 2 heteroatoms. The van der Waals surface area contributed by atoms with Gasteiger partial charge < -0.3 is 6.15 Å². The molecule has 0 bridgehead atoms. The number of aryl methyl sites for hydroxylation is 1. The summed E-state index contributed by atoms with van der Waals surface area (Å²) in [5, 5.41) is 0. The van der Waals surface area contributed by atoms with Crippen molar-refractivity contribution in [1.82, 2.24) is 6.15 Å². The Morgan fingerprint density at radius 2 is 1.25 bits per heavy atom. The summed E-state index contributed by atoms with van der Waals surface area (Å²) < 4.78 is 0. The van der Waals surface area contributed by atoms with Gasteiger partial charge in [-0.3, -0.25) is 0 Å². The topological polar surface area (TPSA) is 35.0 Å². The van der Waals surface area contributed by atoms with Gasteiger partial charge in [0, 0.05) is 5.88 Å². The van der Waals surface area contributed by atoms with Crippen LogP contribution < -0.4 is 6.15 Å². The van der Waals surface area contributed by atoms with Crippen molar-refractivity contribution < 1.29 is 0 Å². The molecule has 24 heavy (non-hydrogen) atoms. The first-order valence-electron chi connectivity index (χ1n) is 9.84. The van der Waals surface area contributed by atoms with Crippen molar-refractivity contribution >= 4 is 11.6 Å². The van der Waals surface area contributed by atoms with Crippen LogP contribution in [0.15, 0.2) is 12.1 Å². The minimum absolute atomic E-state index is 0. The van der Waals surface area contributed by atoms with Crippen molar-refractivity contribution in [3.8, 4) is 0 Å². The van der Waals surface area contributed by atoms with Gasteiger partial charge in [0.1, 0.15) is 0 Å². The number of rotatable bonds is 13. The SMILES string of the molecule is CCCCCCCCCCCCCc1c(CCl)ccc(C)c1C.N. The van der Waals surface area contributed by atoms with Gasteiger partial charge >= 0.3 is 0 Å². The van der Waals surface area contributed by atoms with Crippen LogP contribution in [0.1, 0.15) is 99.8 Å². The summed E-state index contributed by atoms with van der Waals surface area (Å²) in [5.41, 5.74) is 5.70. The molecule has 1 nitrogen and oxygen atoms in total. The van der Waals surface area contributed by atoms with Gasteiger partial charge in [-0.05, 0) is 48.9 Å². The highest BCUT2D eigenvalue weighted by molar-refractivity contribution is 6.17. The van der Waals surface area contributed by atoms with Crippen LogP contribution in [0.2, 0.25) is 0 Å². The van der Waals surface area contributed by atoms with E-state index in [0.717, 1.165) is 0 Å². The molecule has 0 spiro atoms. The number of hydrogen-bond donors (Lipinski definition) is 1. The summed E-state index contributed by atoms with van der Waals surface area (Å²) in [6, 6.07) is 4.42. The van der Waals surface area contributed by atoms with Crippen molar-refractivity contribution in [2.24, 2.45) is 0 Å². The van der Waals surface area contributed by atoms with Crippen LogP contribution in [0, 0.1) is 13.8 Å². The van der Waals surface area contributed by atoms with Gasteiger partial charge in [0.2, 0.25) is 0 Å². The molecule has 1 aromatic rings. The third kappa shape index (κ3) is 9.08. The van der Waals surface area contributed by atoms with Gasteiger partial charge in [-0.25, -0.2) is 0 Å². The minimum atomic E-state index is 0. The number of alkyl halides is 1. The monoisotopic (exact) mass is 353 g/mol. The highest BCUT2D eigenvalue weighted by Crippen LogP contribution is 2.22. The van der Waals surface area contributed by atoms with Crippen molar-refractivity contribution in [2.45, 2.75) is 104 Å². The lowest BCUT2D eigenvalue weighted by atomic mass is 9.94. The molecule has 0 amide bonds. The Morgan fingerprint density at radius 3 is 1.75 bits per heavy atom. The van der Waals surface area contributed by atoms with Gasteiger partial charge in [0.15, 0.2) is 0 Å². The van der Waals surface area contributed by atoms with E-state index >= 15 is 0 Å². The van der Waals surface area contributed by atoms with E-state index in [4.69, 9.17) is 11.6 Å². The average Bonchev–Trinajstić information content (AvgIpc) is 2.56. The largest absolute Gasteiger partial charge is 0.344 e. The van der Waals surface area contributed by atoms with Crippen molar-refractivity contribution in [3.63, 3.8) is 0 Å². The van der Waals surface area contributed by atoms with E-state index in [0.29, 0.717) is 5.88 Å². The predicted octanol–water partition coefficient (Wildman–Crippen LogP) is 8.06. The molecule has 0 unspecified atom stereocenters. The fourth-order valence-electron chi connectivity index (χ4n) is 3.37. The van der Waals surface area contributed by atoms with Crippen LogP contribution in [-0.4, -0.2) is 0 Å². The van der Waals surface area contributed by atoms with Gasteiger partial charge in [-0.1, -0.05) is 83.3 Å². The molecule has 0 saturated carbocycles.